The molecule has 9 rings (SSSR count). The van der Waals surface area contributed by atoms with Crippen molar-refractivity contribution in [3.05, 3.63) is 131 Å². The Kier molecular flexibility index (Phi) is 8.45. The molecule has 9 aromatic rings. The number of rotatable bonds is 0. The number of carbonyl (C=O) groups is 2. The van der Waals surface area contributed by atoms with Gasteiger partial charge in [-0.15, -0.1) is 0 Å². The van der Waals surface area contributed by atoms with Crippen LogP contribution in [0.15, 0.2) is 109 Å². The average Bonchev–Trinajstić information content (AvgIpc) is 3.69. The molecule has 58 heavy (non-hydrogen) atoms. The Balaban J connectivity index is 1.09. The van der Waals surface area contributed by atoms with Gasteiger partial charge in [-0.25, -0.2) is 38.7 Å². The van der Waals surface area contributed by atoms with Crippen molar-refractivity contribution in [3.63, 3.8) is 0 Å². The highest BCUT2D eigenvalue weighted by molar-refractivity contribution is 6.14. The lowest BCUT2D eigenvalue weighted by atomic mass is 10.1. The first-order chi connectivity index (χ1) is 27.8. The van der Waals surface area contributed by atoms with Crippen LogP contribution in [0.4, 0.5) is 9.59 Å². The molecule has 4 aromatic heterocycles. The lowest BCUT2D eigenvalue weighted by molar-refractivity contribution is 0.0539. The van der Waals surface area contributed by atoms with Gasteiger partial charge in [-0.1, -0.05) is 60.1 Å². The molecule has 282 valence electrons. The van der Waals surface area contributed by atoms with Gasteiger partial charge >= 0.3 is 12.2 Å². The van der Waals surface area contributed by atoms with Crippen LogP contribution in [-0.4, -0.2) is 52.5 Å². The van der Waals surface area contributed by atoms with Gasteiger partial charge in [-0.3, -0.25) is 0 Å². The van der Waals surface area contributed by atoms with Gasteiger partial charge in [0.15, 0.2) is 11.3 Å². The first-order valence-corrected chi connectivity index (χ1v) is 18.8. The summed E-state index contributed by atoms with van der Waals surface area (Å²) in [6, 6.07) is 34.1. The van der Waals surface area contributed by atoms with Gasteiger partial charge in [-0.2, -0.15) is 0 Å². The van der Waals surface area contributed by atoms with Crippen LogP contribution in [-0.2, 0) is 9.47 Å². The summed E-state index contributed by atoms with van der Waals surface area (Å²) < 4.78 is 14.6. The number of nitrogens with zero attached hydrogens (tertiary/aromatic N) is 6. The highest BCUT2D eigenvalue weighted by Gasteiger charge is 2.27. The average molecular weight is 761 g/mol. The van der Waals surface area contributed by atoms with Crippen molar-refractivity contribution in [2.75, 3.05) is 0 Å². The summed E-state index contributed by atoms with van der Waals surface area (Å²) in [6.07, 6.45) is -1.07. The SMILES string of the molecule is CC(C)(C)OC(=O)n1c2cccc(C#Cc3ccc(C#Cc4cccc5c4c4nc6ccccc6nc4n5C(=O)OC(C)(C)C)cc3)c2c2nc3ccccc3nc21. The Bertz CT molecular complexity index is 3080. The summed E-state index contributed by atoms with van der Waals surface area (Å²) in [5.74, 6) is 13.2. The molecule has 0 amide bonds. The second kappa shape index (κ2) is 13.6. The monoisotopic (exact) mass is 760 g/mol. The minimum Gasteiger partial charge on any atom is -0.443 e. The van der Waals surface area contributed by atoms with Gasteiger partial charge in [0.05, 0.1) is 33.1 Å². The van der Waals surface area contributed by atoms with Crippen LogP contribution in [0.2, 0.25) is 0 Å². The first kappa shape index (κ1) is 36.1. The van der Waals surface area contributed by atoms with Crippen molar-refractivity contribution in [2.45, 2.75) is 52.7 Å². The fraction of sp³-hybridized carbons (Fsp3) is 0.167. The van der Waals surface area contributed by atoms with Crippen LogP contribution < -0.4 is 0 Å². The minimum absolute atomic E-state index is 0.408. The van der Waals surface area contributed by atoms with E-state index in [0.717, 1.165) is 21.9 Å². The molecule has 4 heterocycles. The Hall–Kier alpha value is -7.56. The molecule has 0 saturated carbocycles. The molecule has 0 radical (unpaired) electrons. The number of ether oxygens (including phenoxy) is 2. The van der Waals surface area contributed by atoms with E-state index in [1.54, 1.807) is 0 Å². The molecule has 10 nitrogen and oxygen atoms in total. The second-order valence-corrected chi connectivity index (χ2v) is 15.9. The Morgan fingerprint density at radius 3 is 1.19 bits per heavy atom. The summed E-state index contributed by atoms with van der Waals surface area (Å²) in [4.78, 5) is 46.8. The highest BCUT2D eigenvalue weighted by atomic mass is 16.6. The summed E-state index contributed by atoms with van der Waals surface area (Å²) in [5.41, 5.74) is 7.48. The molecule has 0 N–H and O–H groups in total. The van der Waals surface area contributed by atoms with E-state index in [1.807, 2.05) is 151 Å². The van der Waals surface area contributed by atoms with Gasteiger partial charge < -0.3 is 9.47 Å². The number of carbonyl (C=O) groups excluding carboxylic acids is 2. The third-order valence-electron chi connectivity index (χ3n) is 9.29. The van der Waals surface area contributed by atoms with E-state index >= 15 is 0 Å². The van der Waals surface area contributed by atoms with Crippen molar-refractivity contribution < 1.29 is 19.1 Å². The van der Waals surface area contributed by atoms with E-state index in [1.165, 1.54) is 9.13 Å². The Morgan fingerprint density at radius 1 is 0.466 bits per heavy atom. The Morgan fingerprint density at radius 2 is 0.828 bits per heavy atom. The molecule has 0 fully saturated rings. The summed E-state index contributed by atoms with van der Waals surface area (Å²) >= 11 is 0. The number of hydrogen-bond acceptors (Lipinski definition) is 8. The van der Waals surface area contributed by atoms with Gasteiger partial charge in [0.2, 0.25) is 0 Å². The summed E-state index contributed by atoms with van der Waals surface area (Å²) in [7, 11) is 0. The third kappa shape index (κ3) is 6.61. The maximum absolute atomic E-state index is 13.6. The van der Waals surface area contributed by atoms with Crippen LogP contribution in [0.5, 0.6) is 0 Å². The molecular weight excluding hydrogens is 725 g/mol. The molecule has 0 aliphatic carbocycles. The summed E-state index contributed by atoms with van der Waals surface area (Å²) in [6.45, 7) is 11.0. The van der Waals surface area contributed by atoms with Crippen LogP contribution in [0.1, 0.15) is 63.8 Å². The van der Waals surface area contributed by atoms with E-state index in [2.05, 4.69) is 23.7 Å². The van der Waals surface area contributed by atoms with E-state index in [9.17, 15) is 9.59 Å². The van der Waals surface area contributed by atoms with Crippen molar-refractivity contribution >= 4 is 78.4 Å². The lowest BCUT2D eigenvalue weighted by Gasteiger charge is -2.20. The van der Waals surface area contributed by atoms with Crippen molar-refractivity contribution in [2.24, 2.45) is 0 Å². The number of benzene rings is 5. The van der Waals surface area contributed by atoms with Crippen LogP contribution in [0, 0.1) is 23.7 Å². The standard InChI is InChI=1S/C48H36N6O4/c1-47(2,3)57-45(55)53-37-19-11-13-31(39(37)41-43(53)51-35-17-9-7-15-33(35)49-41)27-25-29-21-23-30(24-22-29)26-28-32-14-12-20-38-40(32)42-44(54(38)46(56)58-48(4,5)6)52-36-18-10-8-16-34(36)50-42/h7-24H,1-6H3. The van der Waals surface area contributed by atoms with Gasteiger partial charge in [0.1, 0.15) is 22.2 Å². The Labute approximate surface area is 333 Å². The van der Waals surface area contributed by atoms with Crippen molar-refractivity contribution in [1.29, 1.82) is 0 Å². The van der Waals surface area contributed by atoms with Crippen LogP contribution in [0.25, 0.3) is 66.2 Å². The summed E-state index contributed by atoms with van der Waals surface area (Å²) in [5, 5.41) is 1.44. The minimum atomic E-state index is -0.711. The molecular formula is C48H36N6O4. The fourth-order valence-electron chi connectivity index (χ4n) is 6.92. The van der Waals surface area contributed by atoms with E-state index in [0.29, 0.717) is 66.6 Å². The molecule has 0 saturated heterocycles. The highest BCUT2D eigenvalue weighted by Crippen LogP contribution is 2.33. The molecule has 0 atom stereocenters. The second-order valence-electron chi connectivity index (χ2n) is 15.9. The molecule has 0 bridgehead atoms. The third-order valence-corrected chi connectivity index (χ3v) is 9.29. The van der Waals surface area contributed by atoms with Crippen LogP contribution >= 0.6 is 0 Å². The molecule has 10 heteroatoms. The zero-order chi connectivity index (χ0) is 40.3. The quantitative estimate of drug-likeness (QED) is 0.140. The number of fused-ring (bicyclic) bond motifs is 8. The normalized spacial score (nSPS) is 11.8. The number of para-hydroxylation sites is 4. The largest absolute Gasteiger partial charge is 0.443 e. The predicted octanol–water partition coefficient (Wildman–Crippen LogP) is 10.2. The maximum Gasteiger partial charge on any atom is 0.420 e. The molecule has 0 aliphatic heterocycles. The first-order valence-electron chi connectivity index (χ1n) is 18.8. The zero-order valence-electron chi connectivity index (χ0n) is 32.7. The van der Waals surface area contributed by atoms with Crippen molar-refractivity contribution in [3.8, 4) is 23.7 Å². The van der Waals surface area contributed by atoms with Crippen LogP contribution in [0.3, 0.4) is 0 Å². The van der Waals surface area contributed by atoms with Crippen molar-refractivity contribution in [1.82, 2.24) is 29.1 Å². The number of aromatic nitrogens is 6. The smallest absolute Gasteiger partial charge is 0.420 e. The number of hydrogen-bond donors (Lipinski definition) is 0. The zero-order valence-corrected chi connectivity index (χ0v) is 32.7. The molecule has 0 unspecified atom stereocenters. The van der Waals surface area contributed by atoms with E-state index < -0.39 is 23.4 Å². The lowest BCUT2D eigenvalue weighted by Crippen LogP contribution is -2.27. The molecule has 5 aromatic carbocycles. The van der Waals surface area contributed by atoms with E-state index in [4.69, 9.17) is 29.4 Å². The maximum atomic E-state index is 13.6. The van der Waals surface area contributed by atoms with Gasteiger partial charge in [0, 0.05) is 33.0 Å². The van der Waals surface area contributed by atoms with Gasteiger partial charge in [-0.05, 0) is 114 Å². The fourth-order valence-corrected chi connectivity index (χ4v) is 6.92. The molecule has 0 spiro atoms. The molecule has 0 aliphatic rings. The van der Waals surface area contributed by atoms with E-state index in [-0.39, 0.29) is 0 Å². The van der Waals surface area contributed by atoms with Gasteiger partial charge in [0.25, 0.3) is 0 Å². The predicted molar refractivity (Wildman–Crippen MR) is 227 cm³/mol. The topological polar surface area (TPSA) is 114 Å².